The molecule has 11 N–H and O–H groups in total. The number of terminal acetylenes is 2. The number of hydrogen-bond donors (Lipinski definition) is 10. The van der Waals surface area contributed by atoms with Crippen LogP contribution in [0.1, 0.15) is 232 Å². The summed E-state index contributed by atoms with van der Waals surface area (Å²) in [7, 11) is 0. The fraction of sp³-hybridized carbons (Fsp3) is 0.811. The summed E-state index contributed by atoms with van der Waals surface area (Å²) in [5.74, 6) is -2.66. The van der Waals surface area contributed by atoms with E-state index in [4.69, 9.17) is 66.3 Å². The van der Waals surface area contributed by atoms with Crippen molar-refractivity contribution in [3.05, 3.63) is 33.4 Å². The summed E-state index contributed by atoms with van der Waals surface area (Å²) >= 11 is 0. The second-order valence-corrected chi connectivity index (χ2v) is 43.0. The Labute approximate surface area is 857 Å². The van der Waals surface area contributed by atoms with Gasteiger partial charge in [0.25, 0.3) is 0 Å². The number of esters is 2. The average molecular weight is 2420 g/mol. The normalized spacial score (nSPS) is 45.0. The molecule has 0 aromatic heterocycles. The van der Waals surface area contributed by atoms with E-state index in [1.54, 1.807) is 41.5 Å². The molecule has 3 radical (unpaired) electrons. The fourth-order valence-electron chi connectivity index (χ4n) is 28.0. The van der Waals surface area contributed by atoms with Crippen molar-refractivity contribution >= 4 is 47.4 Å². The summed E-state index contributed by atoms with van der Waals surface area (Å²) in [5.41, 5.74) is -4.39. The van der Waals surface area contributed by atoms with Gasteiger partial charge >= 0.3 is 30.1 Å². The number of aliphatic hydroxyl groups is 8. The summed E-state index contributed by atoms with van der Waals surface area (Å²) in [4.78, 5) is 108. The minimum absolute atomic E-state index is 0. The van der Waals surface area contributed by atoms with Crippen LogP contribution in [0.5, 0.6) is 0 Å². The van der Waals surface area contributed by atoms with Gasteiger partial charge in [0.05, 0.1) is 73.1 Å². The molecule has 14 rings (SSSR count). The molecule has 0 aromatic rings. The van der Waals surface area contributed by atoms with Crippen LogP contribution in [0.2, 0.25) is 0 Å². The van der Waals surface area contributed by atoms with Crippen LogP contribution in [0.4, 0.5) is 9.59 Å². The number of aliphatic carboxylic acids is 1. The van der Waals surface area contributed by atoms with Crippen LogP contribution in [-0.4, -0.2) is 254 Å². The second-order valence-electron chi connectivity index (χ2n) is 43.0. The van der Waals surface area contributed by atoms with Crippen molar-refractivity contribution in [3.63, 3.8) is 0 Å². The zero-order valence-corrected chi connectivity index (χ0v) is 94.2. The molecule has 0 spiro atoms. The number of nitrogens with zero attached hydrogens (tertiary/aromatic N) is 2. The van der Waals surface area contributed by atoms with E-state index in [9.17, 15) is 79.2 Å². The Morgan fingerprint density at radius 2 is 0.780 bits per heavy atom. The van der Waals surface area contributed by atoms with E-state index < -0.39 is 216 Å². The number of carboxylic acid groups (broad SMARTS) is 1. The molecule has 29 nitrogen and oxygen atoms in total. The molecular weight excluding hydrogens is 2280 g/mol. The van der Waals surface area contributed by atoms with Crippen LogP contribution in [-0.2, 0) is 71.4 Å². The number of fused-ring (bicyclic) bond motifs is 15. The first kappa shape index (κ1) is 110. The van der Waals surface area contributed by atoms with Gasteiger partial charge in [0, 0.05) is 225 Å². The molecule has 14 aliphatic rings. The molecule has 5 saturated heterocycles. The Hall–Kier alpha value is -1.94. The van der Waals surface area contributed by atoms with Gasteiger partial charge in [-0.3, -0.25) is 24.2 Å². The van der Waals surface area contributed by atoms with Gasteiger partial charge in [0.2, 0.25) is 0 Å². The van der Waals surface area contributed by atoms with Gasteiger partial charge in [-0.1, -0.05) is 136 Å². The molecule has 9 aliphatic carbocycles. The zero-order chi connectivity index (χ0) is 93.7. The fourth-order valence-corrected chi connectivity index (χ4v) is 28.0. The predicted octanol–water partition coefficient (Wildman–Crippen LogP) is 8.49. The number of carboxylic acids is 1. The van der Waals surface area contributed by atoms with Gasteiger partial charge in [-0.2, -0.15) is 0 Å². The topological polar surface area (TPSA) is 434 Å². The Morgan fingerprint density at radius 1 is 0.488 bits per heavy atom. The van der Waals surface area contributed by atoms with Crippen molar-refractivity contribution in [1.82, 2.24) is 9.80 Å². The van der Waals surface area contributed by atoms with Crippen LogP contribution in [0.25, 0.3) is 0 Å². The van der Waals surface area contributed by atoms with Crippen LogP contribution in [0.15, 0.2) is 33.4 Å². The maximum absolute atomic E-state index is 14.6. The van der Waals surface area contributed by atoms with E-state index in [-0.39, 0.29) is 238 Å². The predicted molar refractivity (Wildman–Crippen MR) is 452 cm³/mol. The average Bonchev–Trinajstić information content (AvgIpc) is 0.823. The van der Waals surface area contributed by atoms with Crippen LogP contribution in [0.3, 0.4) is 0 Å². The van der Waals surface area contributed by atoms with Gasteiger partial charge in [-0.25, -0.2) is 24.0 Å². The Balaban J connectivity index is 0.000000217. The minimum Gasteiger partial charge on any atom is -0.479 e. The monoisotopic (exact) mass is 2420 g/mol. The summed E-state index contributed by atoms with van der Waals surface area (Å²) < 4.78 is 50.4. The number of ether oxygens (including phenoxy) is 9. The summed E-state index contributed by atoms with van der Waals surface area (Å²) in [6.07, 6.45) is 3.84. The van der Waals surface area contributed by atoms with Crippen molar-refractivity contribution in [2.45, 2.75) is 351 Å². The van der Waals surface area contributed by atoms with E-state index in [2.05, 4.69) is 18.8 Å². The summed E-state index contributed by atoms with van der Waals surface area (Å²) in [5, 5.41) is 103. The van der Waals surface area contributed by atoms with Crippen molar-refractivity contribution in [2.75, 3.05) is 33.0 Å². The molecule has 0 aromatic carbocycles. The molecule has 6 bridgehead atoms. The number of aliphatic hydroxyl groups excluding tert-OH is 2. The molecule has 127 heavy (non-hydrogen) atoms. The van der Waals surface area contributed by atoms with Crippen molar-refractivity contribution in [2.24, 2.45) is 109 Å². The van der Waals surface area contributed by atoms with Gasteiger partial charge < -0.3 is 94.3 Å². The summed E-state index contributed by atoms with van der Waals surface area (Å²) in [6.45, 7) is 52.2. The second kappa shape index (κ2) is 37.4. The molecule has 2 amide bonds. The first-order valence-corrected chi connectivity index (χ1v) is 44.6. The van der Waals surface area contributed by atoms with E-state index in [0.717, 1.165) is 33.4 Å². The van der Waals surface area contributed by atoms with Crippen molar-refractivity contribution in [1.29, 1.82) is 0 Å². The largest absolute Gasteiger partial charge is 0.479 e. The van der Waals surface area contributed by atoms with Crippen molar-refractivity contribution < 1.29 is 259 Å². The SMILES string of the molecule is C#CCOC(=O)N1[C@@H](C)[C@H](C(=O)O)OC1(C)C.C#CCOC(=O)N1[C@@H](C)[C@H](C(=O)O[C@H]2C[C@@]3(O)[C@@H](C)[C@@H]4[C@]5(O)CO[C@@H]5C[C@H](C)[C@@]4(C)C(=O)[C@H](C)C(=C2C)C3(C)C)OC1(C)C.CC1=C2[C@@H](C)C(=O)[C@@]3(C)[C@H]([C@H](C)[C@](O)(C[C@@H]1O)C2(C)C)[C@]1(O)CO[C@@H]1C[C@@H]3C.CC1=C2[C@@H](C)C(=O)[C@@]3(C)[C@H]([C@H](C)[C@](O)(C[C@@H]1OC(=O)[C@H](O)[C@H](C)N)C2(C)C)[C@]1(O)CO[C@@H]1C[C@@H]3C.[Ac].[Ac].[Ac]. The van der Waals surface area contributed by atoms with Gasteiger partial charge in [0.1, 0.15) is 57.8 Å². The number of hydrogen-bond acceptors (Lipinski definition) is 26. The molecule has 5 heterocycles. The smallest absolute Gasteiger partial charge is 0.413 e. The molecule has 5 aliphatic heterocycles. The molecule has 11 fully saturated rings. The Morgan fingerprint density at radius 3 is 1.06 bits per heavy atom. The van der Waals surface area contributed by atoms with E-state index >= 15 is 0 Å². The Kier molecular flexibility index (Phi) is 32.5. The first-order chi connectivity index (χ1) is 56.7. The number of amides is 2. The third-order valence-corrected chi connectivity index (χ3v) is 35.2. The van der Waals surface area contributed by atoms with Gasteiger partial charge in [0.15, 0.2) is 31.5 Å². The van der Waals surface area contributed by atoms with Gasteiger partial charge in [-0.05, 0) is 157 Å². The summed E-state index contributed by atoms with van der Waals surface area (Å²) in [6, 6.07) is -2.15. The van der Waals surface area contributed by atoms with Crippen molar-refractivity contribution in [3.8, 4) is 24.7 Å². The standard InChI is InChI=1S/C34H49NO9.C27H43NO7.C23H36O5.C11H15NO5.3Ac/c1-12-13-41-29(38)35-21(6)25(44-31(35,9)10)28(37)43-22-15-34(40)20(5)26-32(11,17(2)14-23-33(26,39)16-42-23)27(36)19(4)24(18(22)3)30(34,7)8;1-12-9-18-26(32,11-34-18)21-15(4)27(33)10-17(35-23(31)20(29)16(5)28)13(2)19(24(27,6)7)14(3)22(30)25(12,21)8;1-11-8-16-22(26,10-28-16)18-14(4)23(27)9-15(24)12(2)17(20(23,5)6)13(3)19(25)21(11,18)7;1-5-6-16-10(15)12-7(2)8(9(13)14)17-11(12,3)4;;;/h1,17,19-23,25-26,39-40H,13-16H2,2-11H3;12,14-18,20-21,29,32-33H,9-11,28H2,1-8H3;11,13-16,18,24,26-27H,8-10H2,1-7H3;1,7-8H,6H2,2-4H3,(H,13,14);;;/t17-,19+,20-,21-,22-,23+,25+,26-,32+,33-,34+;12-,14+,15-,16-,17-,18+,20+,21-,25+,26-,27+;11-,13+,14-,15-,16+,18-,21+,22-,23+;7-,8+;;;/m0000.../s1. The van der Waals surface area contributed by atoms with Crippen LogP contribution >= 0.6 is 0 Å². The molecule has 0 unspecified atom stereocenters. The number of Topliss-reactive ketones (excluding diaryl/α,β-unsaturated/α-hetero) is 3. The molecule has 6 saturated carbocycles. The molecule has 33 atom stereocenters. The minimum atomic E-state index is -1.49. The number of rotatable bonds is 8. The maximum Gasteiger partial charge on any atom is 0.413 e. The zero-order valence-electron chi connectivity index (χ0n) is 80.0. The number of nitrogens with two attached hydrogens (primary N) is 1. The van der Waals surface area contributed by atoms with Crippen LogP contribution in [0, 0.1) is 260 Å². The Bertz CT molecular complexity index is 4490. The van der Waals surface area contributed by atoms with Gasteiger partial charge in [-0.15, -0.1) is 12.8 Å². The number of carbonyl (C=O) groups is 8. The van der Waals surface area contributed by atoms with E-state index in [1.807, 2.05) is 138 Å². The third-order valence-electron chi connectivity index (χ3n) is 35.2. The van der Waals surface area contributed by atoms with E-state index in [0.29, 0.717) is 19.3 Å². The number of ketones is 3. The quantitative estimate of drug-likeness (QED) is 0.0471. The first-order valence-electron chi connectivity index (χ1n) is 44.6. The molecule has 703 valence electrons. The molecular formula is C95H143Ac3N3O26. The number of carbonyl (C=O) groups excluding carboxylic acids is 7. The molecule has 32 heteroatoms. The van der Waals surface area contributed by atoms with Crippen LogP contribution < -0.4 is 5.73 Å². The maximum atomic E-state index is 14.6. The third kappa shape index (κ3) is 16.6. The van der Waals surface area contributed by atoms with E-state index in [1.165, 1.54) is 16.7 Å².